The third-order valence-electron chi connectivity index (χ3n) is 3.03. The summed E-state index contributed by atoms with van der Waals surface area (Å²) in [5.74, 6) is -1.07. The Labute approximate surface area is 155 Å². The first-order valence-corrected chi connectivity index (χ1v) is 9.62. The normalized spacial score (nSPS) is 12.1. The van der Waals surface area contributed by atoms with E-state index in [1.54, 1.807) is 6.07 Å². The summed E-state index contributed by atoms with van der Waals surface area (Å²) in [6.45, 7) is 1.40. The number of nitrogens with one attached hydrogen (secondary N) is 2. The number of halogens is 1. The van der Waals surface area contributed by atoms with Crippen molar-refractivity contribution in [2.45, 2.75) is 13.0 Å². The molecule has 2 rings (SSSR count). The van der Waals surface area contributed by atoms with Crippen molar-refractivity contribution in [3.05, 3.63) is 53.2 Å². The van der Waals surface area contributed by atoms with E-state index in [0.29, 0.717) is 5.02 Å². The molecule has 2 aromatic rings. The minimum absolute atomic E-state index is 0.0999. The summed E-state index contributed by atoms with van der Waals surface area (Å²) < 4.78 is 29.9. The number of hydrogen-bond donors (Lipinski definition) is 2. The van der Waals surface area contributed by atoms with Crippen LogP contribution >= 0.6 is 11.6 Å². The van der Waals surface area contributed by atoms with Crippen LogP contribution in [0.25, 0.3) is 0 Å². The highest BCUT2D eigenvalue weighted by molar-refractivity contribution is 7.92. The molecule has 2 N–H and O–H groups in total. The molecule has 0 bridgehead atoms. The minimum Gasteiger partial charge on any atom is -0.449 e. The fourth-order valence-corrected chi connectivity index (χ4v) is 2.55. The van der Waals surface area contributed by atoms with Gasteiger partial charge in [-0.2, -0.15) is 0 Å². The van der Waals surface area contributed by atoms with Gasteiger partial charge in [0.05, 0.1) is 16.8 Å². The Morgan fingerprint density at radius 1 is 1.23 bits per heavy atom. The number of carbonyl (C=O) groups is 2. The smallest absolute Gasteiger partial charge is 0.338 e. The van der Waals surface area contributed by atoms with Crippen molar-refractivity contribution >= 4 is 45.0 Å². The summed E-state index contributed by atoms with van der Waals surface area (Å²) in [5.41, 5.74) is 0.312. The molecule has 0 radical (unpaired) electrons. The first kappa shape index (κ1) is 19.7. The van der Waals surface area contributed by atoms with Crippen LogP contribution in [-0.4, -0.2) is 37.6 Å². The van der Waals surface area contributed by atoms with E-state index in [1.165, 1.54) is 43.5 Å². The molecular formula is C16H16ClN3O5S. The second-order valence-electron chi connectivity index (χ2n) is 5.35. The lowest BCUT2D eigenvalue weighted by Gasteiger charge is -2.13. The number of ether oxygens (including phenoxy) is 1. The number of rotatable bonds is 6. The molecule has 0 aliphatic heterocycles. The van der Waals surface area contributed by atoms with E-state index < -0.39 is 28.0 Å². The fourth-order valence-electron chi connectivity index (χ4n) is 1.88. The standard InChI is InChI=1S/C16H16ClN3O5S/c1-10(15(21)19-14-7-6-12(17)9-18-14)25-16(22)11-4-3-5-13(8-11)20-26(2,23)24/h3-10,20H,1-2H3,(H,18,19,21)/t10-/m0/s1. The number of aromatic nitrogens is 1. The van der Waals surface area contributed by atoms with Crippen molar-refractivity contribution in [2.75, 3.05) is 16.3 Å². The van der Waals surface area contributed by atoms with Crippen LogP contribution in [0.3, 0.4) is 0 Å². The average molecular weight is 398 g/mol. The number of nitrogens with zero attached hydrogens (tertiary/aromatic N) is 1. The van der Waals surface area contributed by atoms with E-state index in [1.807, 2.05) is 0 Å². The number of benzene rings is 1. The highest BCUT2D eigenvalue weighted by atomic mass is 35.5. The summed E-state index contributed by atoms with van der Waals surface area (Å²) in [7, 11) is -3.48. The molecule has 0 spiro atoms. The Balaban J connectivity index is 2.01. The quantitative estimate of drug-likeness (QED) is 0.723. The number of carbonyl (C=O) groups excluding carboxylic acids is 2. The summed E-state index contributed by atoms with van der Waals surface area (Å²) >= 11 is 5.71. The summed E-state index contributed by atoms with van der Waals surface area (Å²) in [5, 5.41) is 2.91. The Hall–Kier alpha value is -2.65. The Kier molecular flexibility index (Phi) is 6.17. The SMILES string of the molecule is C[C@H](OC(=O)c1cccc(NS(C)(=O)=O)c1)C(=O)Nc1ccc(Cl)cn1. The number of amides is 1. The summed E-state index contributed by atoms with van der Waals surface area (Å²) in [6, 6.07) is 8.80. The first-order valence-electron chi connectivity index (χ1n) is 7.35. The summed E-state index contributed by atoms with van der Waals surface area (Å²) in [6.07, 6.45) is 1.27. The molecule has 1 heterocycles. The molecule has 26 heavy (non-hydrogen) atoms. The van der Waals surface area contributed by atoms with Crippen LogP contribution in [0, 0.1) is 0 Å². The molecule has 0 aliphatic rings. The largest absolute Gasteiger partial charge is 0.449 e. The third-order valence-corrected chi connectivity index (χ3v) is 3.86. The maximum Gasteiger partial charge on any atom is 0.338 e. The van der Waals surface area contributed by atoms with Crippen LogP contribution in [-0.2, 0) is 19.6 Å². The van der Waals surface area contributed by atoms with E-state index in [4.69, 9.17) is 16.3 Å². The number of hydrogen-bond acceptors (Lipinski definition) is 6. The van der Waals surface area contributed by atoms with Gasteiger partial charge in [-0.15, -0.1) is 0 Å². The molecule has 0 unspecified atom stereocenters. The molecule has 0 saturated heterocycles. The number of esters is 1. The van der Waals surface area contributed by atoms with Crippen molar-refractivity contribution in [2.24, 2.45) is 0 Å². The molecule has 0 fully saturated rings. The molecular weight excluding hydrogens is 382 g/mol. The van der Waals surface area contributed by atoms with Crippen molar-refractivity contribution in [1.82, 2.24) is 4.98 Å². The molecule has 0 saturated carbocycles. The monoisotopic (exact) mass is 397 g/mol. The molecule has 0 aliphatic carbocycles. The lowest BCUT2D eigenvalue weighted by molar-refractivity contribution is -0.123. The zero-order valence-corrected chi connectivity index (χ0v) is 15.5. The topological polar surface area (TPSA) is 114 Å². The fraction of sp³-hybridized carbons (Fsp3) is 0.188. The lowest BCUT2D eigenvalue weighted by atomic mass is 10.2. The number of sulfonamides is 1. The predicted molar refractivity (Wildman–Crippen MR) is 97.7 cm³/mol. The zero-order chi connectivity index (χ0) is 19.3. The average Bonchev–Trinajstić information content (AvgIpc) is 2.55. The van der Waals surface area contributed by atoms with Gasteiger partial charge in [0.15, 0.2) is 6.10 Å². The first-order chi connectivity index (χ1) is 12.1. The van der Waals surface area contributed by atoms with Crippen LogP contribution in [0.5, 0.6) is 0 Å². The van der Waals surface area contributed by atoms with E-state index in [0.717, 1.165) is 6.26 Å². The van der Waals surface area contributed by atoms with E-state index in [2.05, 4.69) is 15.0 Å². The lowest BCUT2D eigenvalue weighted by Crippen LogP contribution is -2.30. The third kappa shape index (κ3) is 6.01. The van der Waals surface area contributed by atoms with Gasteiger partial charge in [0.1, 0.15) is 5.82 Å². The molecule has 1 amide bonds. The van der Waals surface area contributed by atoms with Gasteiger partial charge in [-0.05, 0) is 37.3 Å². The van der Waals surface area contributed by atoms with Crippen LogP contribution in [0.1, 0.15) is 17.3 Å². The van der Waals surface area contributed by atoms with Crippen molar-refractivity contribution in [3.63, 3.8) is 0 Å². The molecule has 1 aromatic carbocycles. The van der Waals surface area contributed by atoms with E-state index in [-0.39, 0.29) is 17.1 Å². The van der Waals surface area contributed by atoms with Gasteiger partial charge in [-0.25, -0.2) is 18.2 Å². The van der Waals surface area contributed by atoms with Crippen LogP contribution in [0.15, 0.2) is 42.6 Å². The van der Waals surface area contributed by atoms with E-state index in [9.17, 15) is 18.0 Å². The summed E-state index contributed by atoms with van der Waals surface area (Å²) in [4.78, 5) is 28.1. The molecule has 8 nitrogen and oxygen atoms in total. The van der Waals surface area contributed by atoms with Crippen LogP contribution < -0.4 is 10.0 Å². The van der Waals surface area contributed by atoms with Gasteiger partial charge in [0, 0.05) is 11.9 Å². The van der Waals surface area contributed by atoms with Crippen LogP contribution in [0.2, 0.25) is 5.02 Å². The second kappa shape index (κ2) is 8.15. The predicted octanol–water partition coefficient (Wildman–Crippen LogP) is 2.29. The zero-order valence-electron chi connectivity index (χ0n) is 13.9. The molecule has 10 heteroatoms. The van der Waals surface area contributed by atoms with Gasteiger partial charge < -0.3 is 10.1 Å². The van der Waals surface area contributed by atoms with Gasteiger partial charge in [0.25, 0.3) is 5.91 Å². The van der Waals surface area contributed by atoms with Gasteiger partial charge in [-0.3, -0.25) is 9.52 Å². The second-order valence-corrected chi connectivity index (χ2v) is 7.54. The van der Waals surface area contributed by atoms with E-state index >= 15 is 0 Å². The molecule has 1 aromatic heterocycles. The Morgan fingerprint density at radius 2 is 1.96 bits per heavy atom. The van der Waals surface area contributed by atoms with Gasteiger partial charge in [-0.1, -0.05) is 17.7 Å². The Morgan fingerprint density at radius 3 is 2.58 bits per heavy atom. The van der Waals surface area contributed by atoms with Gasteiger partial charge >= 0.3 is 5.97 Å². The maximum atomic E-state index is 12.2. The number of pyridine rings is 1. The molecule has 138 valence electrons. The van der Waals surface area contributed by atoms with Crippen LogP contribution in [0.4, 0.5) is 11.5 Å². The minimum atomic E-state index is -3.48. The Bertz CT molecular complexity index is 916. The highest BCUT2D eigenvalue weighted by Crippen LogP contribution is 2.14. The van der Waals surface area contributed by atoms with Crippen molar-refractivity contribution in [3.8, 4) is 0 Å². The molecule has 1 atom stereocenters. The highest BCUT2D eigenvalue weighted by Gasteiger charge is 2.20. The number of anilines is 2. The van der Waals surface area contributed by atoms with Gasteiger partial charge in [0.2, 0.25) is 10.0 Å². The maximum absolute atomic E-state index is 12.2. The van der Waals surface area contributed by atoms with Crippen molar-refractivity contribution < 1.29 is 22.7 Å². The van der Waals surface area contributed by atoms with Crippen molar-refractivity contribution in [1.29, 1.82) is 0 Å².